The molecule has 0 aliphatic carbocycles. The van der Waals surface area contributed by atoms with E-state index in [1.807, 2.05) is 24.3 Å². The normalized spacial score (nSPS) is 17.9. The lowest BCUT2D eigenvalue weighted by Gasteiger charge is -2.23. The van der Waals surface area contributed by atoms with Gasteiger partial charge in [0.1, 0.15) is 5.82 Å². The van der Waals surface area contributed by atoms with Crippen molar-refractivity contribution in [3.63, 3.8) is 0 Å². The molecule has 0 radical (unpaired) electrons. The molecule has 1 fully saturated rings. The molecule has 0 unspecified atom stereocenters. The number of anilines is 2. The van der Waals surface area contributed by atoms with Crippen molar-refractivity contribution in [3.05, 3.63) is 58.9 Å². The molecule has 3 rings (SSSR count). The van der Waals surface area contributed by atoms with E-state index in [9.17, 15) is 14.0 Å². The molecule has 0 aromatic heterocycles. The number of carbonyl (C=O) groups is 2. The minimum absolute atomic E-state index is 0.0651. The van der Waals surface area contributed by atoms with Gasteiger partial charge < -0.3 is 10.2 Å². The van der Waals surface area contributed by atoms with Crippen LogP contribution in [0.15, 0.2) is 42.5 Å². The zero-order valence-corrected chi connectivity index (χ0v) is 16.1. The van der Waals surface area contributed by atoms with Crippen LogP contribution in [0.2, 0.25) is 5.02 Å². The fraction of sp³-hybridized carbons (Fsp3) is 0.333. The number of benzene rings is 2. The summed E-state index contributed by atoms with van der Waals surface area (Å²) in [6.45, 7) is 4.50. The van der Waals surface area contributed by atoms with E-state index in [4.69, 9.17) is 11.6 Å². The second-order valence-corrected chi connectivity index (χ2v) is 7.32. The lowest BCUT2D eigenvalue weighted by molar-refractivity contribution is -0.122. The molecule has 2 amide bonds. The van der Waals surface area contributed by atoms with Gasteiger partial charge in [0, 0.05) is 23.7 Å². The molecule has 1 saturated heterocycles. The van der Waals surface area contributed by atoms with Crippen LogP contribution in [0.3, 0.4) is 0 Å². The number of hydrogen-bond acceptors (Lipinski definition) is 2. The van der Waals surface area contributed by atoms with Gasteiger partial charge in [0.25, 0.3) is 0 Å². The van der Waals surface area contributed by atoms with Crippen molar-refractivity contribution in [3.8, 4) is 0 Å². The number of carbonyl (C=O) groups excluding carboxylic acids is 2. The smallest absolute Gasteiger partial charge is 0.229 e. The van der Waals surface area contributed by atoms with E-state index in [-0.39, 0.29) is 35.5 Å². The molecule has 4 nitrogen and oxygen atoms in total. The minimum atomic E-state index is -0.598. The Morgan fingerprint density at radius 1 is 1.33 bits per heavy atom. The quantitative estimate of drug-likeness (QED) is 0.784. The molecule has 1 aliphatic heterocycles. The third-order valence-corrected chi connectivity index (χ3v) is 5.29. The second kappa shape index (κ2) is 8.09. The number of hydrogen-bond donors (Lipinski definition) is 1. The Bertz CT molecular complexity index is 871. The molecule has 2 atom stereocenters. The second-order valence-electron chi connectivity index (χ2n) is 6.89. The van der Waals surface area contributed by atoms with Crippen molar-refractivity contribution >= 4 is 34.8 Å². The topological polar surface area (TPSA) is 49.4 Å². The van der Waals surface area contributed by atoms with Gasteiger partial charge in [-0.2, -0.15) is 0 Å². The Labute approximate surface area is 163 Å². The molecule has 1 heterocycles. The lowest BCUT2D eigenvalue weighted by atomic mass is 9.96. The fourth-order valence-corrected chi connectivity index (χ4v) is 3.47. The summed E-state index contributed by atoms with van der Waals surface area (Å²) < 4.78 is 13.9. The maximum atomic E-state index is 13.9. The van der Waals surface area contributed by atoms with Crippen LogP contribution in [0.5, 0.6) is 0 Å². The van der Waals surface area contributed by atoms with Gasteiger partial charge in [-0.1, -0.05) is 43.6 Å². The van der Waals surface area contributed by atoms with Gasteiger partial charge in [-0.3, -0.25) is 9.59 Å². The van der Waals surface area contributed by atoms with Gasteiger partial charge in [0.05, 0.1) is 11.6 Å². The summed E-state index contributed by atoms with van der Waals surface area (Å²) in [5.41, 5.74) is 2.01. The van der Waals surface area contributed by atoms with Crippen LogP contribution >= 0.6 is 11.6 Å². The molecule has 2 aromatic carbocycles. The predicted octanol–water partition coefficient (Wildman–Crippen LogP) is 4.98. The summed E-state index contributed by atoms with van der Waals surface area (Å²) in [7, 11) is 0. The van der Waals surface area contributed by atoms with Crippen LogP contribution in [-0.2, 0) is 9.59 Å². The van der Waals surface area contributed by atoms with E-state index in [2.05, 4.69) is 19.2 Å². The monoisotopic (exact) mass is 388 g/mol. The van der Waals surface area contributed by atoms with E-state index in [0.717, 1.165) is 23.7 Å². The summed E-state index contributed by atoms with van der Waals surface area (Å²) in [5.74, 6) is -1.28. The van der Waals surface area contributed by atoms with E-state index >= 15 is 0 Å². The van der Waals surface area contributed by atoms with Crippen LogP contribution < -0.4 is 10.2 Å². The van der Waals surface area contributed by atoms with Crippen molar-refractivity contribution in [2.75, 3.05) is 16.8 Å². The Morgan fingerprint density at radius 3 is 2.78 bits per heavy atom. The van der Waals surface area contributed by atoms with Gasteiger partial charge >= 0.3 is 0 Å². The van der Waals surface area contributed by atoms with Crippen LogP contribution in [0.25, 0.3) is 0 Å². The molecule has 2 aromatic rings. The Balaban J connectivity index is 1.77. The molecule has 27 heavy (non-hydrogen) atoms. The summed E-state index contributed by atoms with van der Waals surface area (Å²) in [5, 5.41) is 2.83. The Morgan fingerprint density at radius 2 is 2.07 bits per heavy atom. The maximum Gasteiger partial charge on any atom is 0.229 e. The summed E-state index contributed by atoms with van der Waals surface area (Å²) in [6.07, 6.45) is 1.06. The molecule has 0 spiro atoms. The zero-order valence-electron chi connectivity index (χ0n) is 15.3. The third-order valence-electron chi connectivity index (χ3n) is 5.06. The average Bonchev–Trinajstić information content (AvgIpc) is 3.05. The van der Waals surface area contributed by atoms with Crippen molar-refractivity contribution in [1.29, 1.82) is 0 Å². The largest absolute Gasteiger partial charge is 0.323 e. The van der Waals surface area contributed by atoms with E-state index in [0.29, 0.717) is 5.92 Å². The van der Waals surface area contributed by atoms with Crippen LogP contribution in [-0.4, -0.2) is 18.4 Å². The molecule has 142 valence electrons. The van der Waals surface area contributed by atoms with Gasteiger partial charge in [-0.25, -0.2) is 4.39 Å². The zero-order chi connectivity index (χ0) is 19.6. The van der Waals surface area contributed by atoms with Crippen LogP contribution in [0, 0.1) is 11.7 Å². The van der Waals surface area contributed by atoms with Gasteiger partial charge in [0.2, 0.25) is 11.8 Å². The molecule has 0 bridgehead atoms. The van der Waals surface area contributed by atoms with Crippen LogP contribution in [0.1, 0.15) is 38.2 Å². The highest BCUT2D eigenvalue weighted by atomic mass is 35.5. The van der Waals surface area contributed by atoms with Crippen molar-refractivity contribution in [1.82, 2.24) is 0 Å². The lowest BCUT2D eigenvalue weighted by Crippen LogP contribution is -2.29. The number of nitrogens with zero attached hydrogens (tertiary/aromatic N) is 1. The van der Waals surface area contributed by atoms with E-state index < -0.39 is 11.7 Å². The van der Waals surface area contributed by atoms with E-state index in [1.54, 1.807) is 4.90 Å². The number of para-hydroxylation sites is 1. The third kappa shape index (κ3) is 4.14. The first-order valence-electron chi connectivity index (χ1n) is 9.06. The first-order chi connectivity index (χ1) is 12.9. The van der Waals surface area contributed by atoms with Crippen molar-refractivity contribution in [2.45, 2.75) is 32.6 Å². The summed E-state index contributed by atoms with van der Waals surface area (Å²) in [6, 6.07) is 11.9. The number of nitrogens with one attached hydrogen (secondary N) is 1. The van der Waals surface area contributed by atoms with Gasteiger partial charge in [-0.15, -0.1) is 0 Å². The minimum Gasteiger partial charge on any atom is -0.323 e. The van der Waals surface area contributed by atoms with Crippen molar-refractivity contribution in [2.24, 2.45) is 5.92 Å². The summed E-state index contributed by atoms with van der Waals surface area (Å²) in [4.78, 5) is 26.8. The Hall–Kier alpha value is -2.40. The number of amides is 2. The molecular formula is C21H22ClFN2O2. The molecule has 0 saturated carbocycles. The first kappa shape index (κ1) is 19.4. The highest BCUT2D eigenvalue weighted by molar-refractivity contribution is 6.30. The maximum absolute atomic E-state index is 13.9. The fourth-order valence-electron chi connectivity index (χ4n) is 3.31. The van der Waals surface area contributed by atoms with Crippen LogP contribution in [0.4, 0.5) is 15.8 Å². The van der Waals surface area contributed by atoms with Crippen molar-refractivity contribution < 1.29 is 14.0 Å². The Kier molecular flexibility index (Phi) is 5.80. The first-order valence-corrected chi connectivity index (χ1v) is 9.43. The molecule has 6 heteroatoms. The molecule has 1 aliphatic rings. The van der Waals surface area contributed by atoms with Gasteiger partial charge in [0.15, 0.2) is 0 Å². The SMILES string of the molecule is CC[C@@H](C)c1ccccc1N1C[C@@H](C(=O)Nc2ccc(Cl)cc2F)CC1=O. The van der Waals surface area contributed by atoms with Gasteiger partial charge in [-0.05, 0) is 42.2 Å². The highest BCUT2D eigenvalue weighted by Crippen LogP contribution is 2.34. The number of rotatable bonds is 5. The predicted molar refractivity (Wildman–Crippen MR) is 106 cm³/mol. The molecule has 1 N–H and O–H groups in total. The highest BCUT2D eigenvalue weighted by Gasteiger charge is 2.36. The summed E-state index contributed by atoms with van der Waals surface area (Å²) >= 11 is 5.73. The van der Waals surface area contributed by atoms with E-state index in [1.165, 1.54) is 12.1 Å². The number of halogens is 2. The average molecular weight is 389 g/mol. The standard InChI is InChI=1S/C21H22ClFN2O2/c1-3-13(2)16-6-4-5-7-19(16)25-12-14(10-20(25)26)21(27)24-18-9-8-15(22)11-17(18)23/h4-9,11,13-14H,3,10,12H2,1-2H3,(H,24,27)/t13-,14+/m1/s1. The molecular weight excluding hydrogens is 367 g/mol.